The summed E-state index contributed by atoms with van der Waals surface area (Å²) in [7, 11) is 1.69. The average Bonchev–Trinajstić information content (AvgIpc) is 2.66. The number of hydrogen-bond donors (Lipinski definition) is 2. The van der Waals surface area contributed by atoms with Crippen LogP contribution in [0.1, 0.15) is 11.1 Å². The monoisotopic (exact) mass is 354 g/mol. The number of nitrogens with zero attached hydrogens (tertiary/aromatic N) is 1. The van der Waals surface area contributed by atoms with E-state index in [-0.39, 0.29) is 5.91 Å². The molecule has 2 aromatic carbocycles. The molecule has 2 aromatic rings. The Morgan fingerprint density at radius 2 is 1.88 bits per heavy atom. The van der Waals surface area contributed by atoms with Gasteiger partial charge in [-0.25, -0.2) is 0 Å². The highest BCUT2D eigenvalue weighted by atomic mass is 16.5. The summed E-state index contributed by atoms with van der Waals surface area (Å²) in [5.74, 6) is 0.966. The zero-order valence-electron chi connectivity index (χ0n) is 15.8. The number of carbonyl (C=O) groups is 1. The summed E-state index contributed by atoms with van der Waals surface area (Å²) < 4.78 is 5.31. The molecule has 138 valence electrons. The van der Waals surface area contributed by atoms with Crippen molar-refractivity contribution in [2.24, 2.45) is 0 Å². The summed E-state index contributed by atoms with van der Waals surface area (Å²) in [5.41, 5.74) is 4.44. The predicted molar refractivity (Wildman–Crippen MR) is 105 cm³/mol. The Morgan fingerprint density at radius 1 is 1.15 bits per heavy atom. The number of anilines is 2. The second-order valence-corrected chi connectivity index (χ2v) is 6.91. The number of piperazine rings is 1. The summed E-state index contributed by atoms with van der Waals surface area (Å²) in [6, 6.07) is 14.2. The minimum Gasteiger partial charge on any atom is -0.497 e. The highest BCUT2D eigenvalue weighted by Crippen LogP contribution is 2.21. The van der Waals surface area contributed by atoms with Crippen LogP contribution >= 0.6 is 0 Å². The fourth-order valence-corrected chi connectivity index (χ4v) is 3.37. The number of benzene rings is 2. The van der Waals surface area contributed by atoms with Crippen LogP contribution in [0.2, 0.25) is 0 Å². The SMILES string of the molecule is COc1cccc(N2CC[NH+](CC(=O)Nc3cccc(C)c3C)CC2)c1. The van der Waals surface area contributed by atoms with Gasteiger partial charge in [0.25, 0.3) is 5.91 Å². The largest absolute Gasteiger partial charge is 0.497 e. The zero-order chi connectivity index (χ0) is 18.5. The fraction of sp³-hybridized carbons (Fsp3) is 0.381. The van der Waals surface area contributed by atoms with Crippen LogP contribution in [0.5, 0.6) is 5.75 Å². The van der Waals surface area contributed by atoms with Gasteiger partial charge in [0.2, 0.25) is 0 Å². The van der Waals surface area contributed by atoms with Crippen LogP contribution in [0.4, 0.5) is 11.4 Å². The van der Waals surface area contributed by atoms with E-state index in [1.165, 1.54) is 16.2 Å². The molecule has 0 aliphatic carbocycles. The molecule has 5 nitrogen and oxygen atoms in total. The van der Waals surface area contributed by atoms with E-state index in [9.17, 15) is 4.79 Å². The third-order valence-corrected chi connectivity index (χ3v) is 5.18. The van der Waals surface area contributed by atoms with Crippen molar-refractivity contribution in [2.75, 3.05) is 50.1 Å². The van der Waals surface area contributed by atoms with Gasteiger partial charge in [-0.15, -0.1) is 0 Å². The number of quaternary nitrogens is 1. The Bertz CT molecular complexity index is 768. The molecule has 5 heteroatoms. The molecule has 1 saturated heterocycles. The number of amides is 1. The highest BCUT2D eigenvalue weighted by Gasteiger charge is 2.22. The van der Waals surface area contributed by atoms with Crippen molar-refractivity contribution in [1.82, 2.24) is 0 Å². The lowest BCUT2D eigenvalue weighted by atomic mass is 10.1. The standard InChI is InChI=1S/C21H27N3O2/c1-16-6-4-9-20(17(16)2)22-21(25)15-23-10-12-24(13-11-23)18-7-5-8-19(14-18)26-3/h4-9,14H,10-13,15H2,1-3H3,(H,22,25)/p+1. The van der Waals surface area contributed by atoms with Gasteiger partial charge >= 0.3 is 0 Å². The number of aryl methyl sites for hydroxylation is 1. The molecule has 1 heterocycles. The molecule has 1 aliphatic rings. The van der Waals surface area contributed by atoms with Crippen molar-refractivity contribution in [3.05, 3.63) is 53.6 Å². The Kier molecular flexibility index (Phi) is 5.78. The first-order valence-corrected chi connectivity index (χ1v) is 9.15. The summed E-state index contributed by atoms with van der Waals surface area (Å²) in [6.45, 7) is 8.42. The average molecular weight is 354 g/mol. The summed E-state index contributed by atoms with van der Waals surface area (Å²) in [5, 5.41) is 3.07. The normalized spacial score (nSPS) is 15.0. The molecule has 0 saturated carbocycles. The van der Waals surface area contributed by atoms with Crippen molar-refractivity contribution in [2.45, 2.75) is 13.8 Å². The van der Waals surface area contributed by atoms with E-state index in [2.05, 4.69) is 35.3 Å². The molecule has 0 spiro atoms. The van der Waals surface area contributed by atoms with Crippen LogP contribution < -0.4 is 19.9 Å². The van der Waals surface area contributed by atoms with Gasteiger partial charge < -0.3 is 19.9 Å². The van der Waals surface area contributed by atoms with Crippen LogP contribution in [0.25, 0.3) is 0 Å². The van der Waals surface area contributed by atoms with Gasteiger partial charge in [0.1, 0.15) is 5.75 Å². The molecule has 0 bridgehead atoms. The molecule has 2 N–H and O–H groups in total. The first-order valence-electron chi connectivity index (χ1n) is 9.15. The molecule has 1 fully saturated rings. The quantitative estimate of drug-likeness (QED) is 0.858. The lowest BCUT2D eigenvalue weighted by Gasteiger charge is -2.33. The summed E-state index contributed by atoms with van der Waals surface area (Å²) in [4.78, 5) is 16.1. The maximum Gasteiger partial charge on any atom is 0.279 e. The molecule has 26 heavy (non-hydrogen) atoms. The molecular formula is C21H28N3O2+. The van der Waals surface area contributed by atoms with Gasteiger partial charge in [0.05, 0.1) is 33.3 Å². The number of ether oxygens (including phenoxy) is 1. The van der Waals surface area contributed by atoms with Gasteiger partial charge in [-0.1, -0.05) is 18.2 Å². The zero-order valence-corrected chi connectivity index (χ0v) is 15.8. The van der Waals surface area contributed by atoms with Gasteiger partial charge in [0, 0.05) is 17.4 Å². The third-order valence-electron chi connectivity index (χ3n) is 5.18. The highest BCUT2D eigenvalue weighted by molar-refractivity contribution is 5.92. The molecule has 0 radical (unpaired) electrons. The smallest absolute Gasteiger partial charge is 0.279 e. The van der Waals surface area contributed by atoms with Crippen molar-refractivity contribution in [3.63, 3.8) is 0 Å². The van der Waals surface area contributed by atoms with E-state index in [1.807, 2.05) is 31.2 Å². The van der Waals surface area contributed by atoms with E-state index in [0.29, 0.717) is 6.54 Å². The minimum atomic E-state index is 0.0866. The minimum absolute atomic E-state index is 0.0866. The predicted octanol–water partition coefficient (Wildman–Crippen LogP) is 1.66. The second-order valence-electron chi connectivity index (χ2n) is 6.91. The van der Waals surface area contributed by atoms with Crippen molar-refractivity contribution < 1.29 is 14.4 Å². The maximum atomic E-state index is 12.4. The third kappa shape index (κ3) is 4.35. The number of rotatable bonds is 5. The van der Waals surface area contributed by atoms with E-state index < -0.39 is 0 Å². The van der Waals surface area contributed by atoms with Gasteiger partial charge in [-0.05, 0) is 43.2 Å². The first-order chi connectivity index (χ1) is 12.6. The molecule has 1 amide bonds. The lowest BCUT2D eigenvalue weighted by molar-refractivity contribution is -0.892. The molecular weight excluding hydrogens is 326 g/mol. The van der Waals surface area contributed by atoms with E-state index in [0.717, 1.165) is 43.2 Å². The number of nitrogens with one attached hydrogen (secondary N) is 2. The van der Waals surface area contributed by atoms with Gasteiger partial charge in [-0.2, -0.15) is 0 Å². The van der Waals surface area contributed by atoms with Crippen LogP contribution in [0.3, 0.4) is 0 Å². The Balaban J connectivity index is 1.52. The maximum absolute atomic E-state index is 12.4. The number of carbonyl (C=O) groups excluding carboxylic acids is 1. The number of methoxy groups -OCH3 is 1. The molecule has 1 aliphatic heterocycles. The van der Waals surface area contributed by atoms with Crippen LogP contribution in [0, 0.1) is 13.8 Å². The summed E-state index contributed by atoms with van der Waals surface area (Å²) in [6.07, 6.45) is 0. The van der Waals surface area contributed by atoms with Gasteiger partial charge in [-0.3, -0.25) is 4.79 Å². The van der Waals surface area contributed by atoms with Crippen molar-refractivity contribution >= 4 is 17.3 Å². The second kappa shape index (κ2) is 8.23. The van der Waals surface area contributed by atoms with E-state index in [4.69, 9.17) is 4.74 Å². The Hall–Kier alpha value is -2.53. The Labute approximate surface area is 155 Å². The van der Waals surface area contributed by atoms with Crippen LogP contribution in [0.15, 0.2) is 42.5 Å². The van der Waals surface area contributed by atoms with Gasteiger partial charge in [0.15, 0.2) is 6.54 Å². The fourth-order valence-electron chi connectivity index (χ4n) is 3.37. The van der Waals surface area contributed by atoms with Crippen molar-refractivity contribution in [3.8, 4) is 5.75 Å². The molecule has 0 atom stereocenters. The topological polar surface area (TPSA) is 46.0 Å². The Morgan fingerprint density at radius 3 is 2.62 bits per heavy atom. The van der Waals surface area contributed by atoms with Crippen molar-refractivity contribution in [1.29, 1.82) is 0 Å². The van der Waals surface area contributed by atoms with E-state index >= 15 is 0 Å². The number of hydrogen-bond acceptors (Lipinski definition) is 3. The van der Waals surface area contributed by atoms with Crippen LogP contribution in [-0.4, -0.2) is 45.7 Å². The summed E-state index contributed by atoms with van der Waals surface area (Å²) >= 11 is 0. The van der Waals surface area contributed by atoms with Crippen LogP contribution in [-0.2, 0) is 4.79 Å². The van der Waals surface area contributed by atoms with E-state index in [1.54, 1.807) is 7.11 Å². The lowest BCUT2D eigenvalue weighted by Crippen LogP contribution is -3.15. The first kappa shape index (κ1) is 18.3. The molecule has 0 unspecified atom stereocenters. The molecule has 3 rings (SSSR count). The molecule has 0 aromatic heterocycles.